The van der Waals surface area contributed by atoms with E-state index in [-0.39, 0.29) is 15.5 Å². The molecular formula is C14H14N2O5S2. The van der Waals surface area contributed by atoms with Crippen molar-refractivity contribution in [3.05, 3.63) is 48.0 Å². The number of ether oxygens (including phenoxy) is 1. The minimum absolute atomic E-state index is 0.0859. The molecule has 0 atom stereocenters. The van der Waals surface area contributed by atoms with Crippen molar-refractivity contribution < 1.29 is 21.6 Å². The Hall–Kier alpha value is -2.10. The number of nitrogens with one attached hydrogen (secondary N) is 1. The van der Waals surface area contributed by atoms with Crippen molar-refractivity contribution in [2.45, 2.75) is 16.2 Å². The number of anilines is 1. The predicted octanol–water partition coefficient (Wildman–Crippen LogP) is 1.07. The third kappa shape index (κ3) is 3.31. The normalized spacial score (nSPS) is 14.1. The second-order valence-corrected chi connectivity index (χ2v) is 8.29. The van der Waals surface area contributed by atoms with Gasteiger partial charge in [-0.3, -0.25) is 4.72 Å². The van der Waals surface area contributed by atoms with E-state index in [4.69, 9.17) is 9.88 Å². The second-order valence-electron chi connectivity index (χ2n) is 5.05. The lowest BCUT2D eigenvalue weighted by atomic mass is 10.2. The summed E-state index contributed by atoms with van der Waals surface area (Å²) in [5.41, 5.74) is 0.944. The number of sulfonamides is 2. The summed E-state index contributed by atoms with van der Waals surface area (Å²) in [7, 11) is -7.74. The molecule has 0 saturated carbocycles. The van der Waals surface area contributed by atoms with E-state index in [0.29, 0.717) is 18.8 Å². The summed E-state index contributed by atoms with van der Waals surface area (Å²) in [5, 5.41) is 5.04. The molecule has 7 nitrogen and oxygen atoms in total. The molecule has 23 heavy (non-hydrogen) atoms. The van der Waals surface area contributed by atoms with E-state index in [9.17, 15) is 16.8 Å². The molecule has 1 aliphatic heterocycles. The lowest BCUT2D eigenvalue weighted by molar-refractivity contribution is 0.356. The van der Waals surface area contributed by atoms with Crippen molar-refractivity contribution in [2.75, 3.05) is 11.3 Å². The molecule has 0 bridgehead atoms. The van der Waals surface area contributed by atoms with Gasteiger partial charge in [0.05, 0.1) is 22.1 Å². The molecule has 0 amide bonds. The molecule has 122 valence electrons. The number of primary sulfonamides is 1. The molecule has 0 fully saturated rings. The molecule has 1 heterocycles. The van der Waals surface area contributed by atoms with Gasteiger partial charge in [-0.15, -0.1) is 0 Å². The Morgan fingerprint density at radius 2 is 1.78 bits per heavy atom. The molecule has 3 rings (SSSR count). The summed E-state index contributed by atoms with van der Waals surface area (Å²) >= 11 is 0. The summed E-state index contributed by atoms with van der Waals surface area (Å²) in [4.78, 5) is -0.0807. The van der Waals surface area contributed by atoms with Gasteiger partial charge in [0, 0.05) is 6.42 Å². The lowest BCUT2D eigenvalue weighted by Gasteiger charge is -2.10. The van der Waals surface area contributed by atoms with E-state index in [2.05, 4.69) is 4.72 Å². The van der Waals surface area contributed by atoms with E-state index in [1.165, 1.54) is 30.3 Å². The van der Waals surface area contributed by atoms with E-state index in [0.717, 1.165) is 5.56 Å². The van der Waals surface area contributed by atoms with Crippen LogP contribution in [0.5, 0.6) is 5.75 Å². The number of rotatable bonds is 4. The van der Waals surface area contributed by atoms with Crippen molar-refractivity contribution in [1.29, 1.82) is 0 Å². The maximum atomic E-state index is 12.4. The third-order valence-electron chi connectivity index (χ3n) is 3.39. The molecule has 0 aromatic heterocycles. The Labute approximate surface area is 134 Å². The summed E-state index contributed by atoms with van der Waals surface area (Å²) in [6.07, 6.45) is 0.652. The maximum Gasteiger partial charge on any atom is 0.261 e. The number of fused-ring (bicyclic) bond motifs is 1. The quantitative estimate of drug-likeness (QED) is 0.852. The Morgan fingerprint density at radius 3 is 2.52 bits per heavy atom. The lowest BCUT2D eigenvalue weighted by Crippen LogP contribution is -2.15. The molecule has 0 spiro atoms. The fraction of sp³-hybridized carbons (Fsp3) is 0.143. The van der Waals surface area contributed by atoms with Crippen LogP contribution in [-0.2, 0) is 26.5 Å². The summed E-state index contributed by atoms with van der Waals surface area (Å²) in [6, 6.07) is 9.92. The van der Waals surface area contributed by atoms with Gasteiger partial charge in [0.2, 0.25) is 10.0 Å². The fourth-order valence-corrected chi connectivity index (χ4v) is 3.94. The first-order chi connectivity index (χ1) is 10.8. The Bertz CT molecular complexity index is 968. The van der Waals surface area contributed by atoms with Gasteiger partial charge in [0.25, 0.3) is 10.0 Å². The van der Waals surface area contributed by atoms with Crippen molar-refractivity contribution in [1.82, 2.24) is 0 Å². The van der Waals surface area contributed by atoms with E-state index in [1.54, 1.807) is 12.1 Å². The monoisotopic (exact) mass is 354 g/mol. The molecule has 9 heteroatoms. The van der Waals surface area contributed by atoms with Crippen molar-refractivity contribution in [3.8, 4) is 5.75 Å². The highest BCUT2D eigenvalue weighted by Crippen LogP contribution is 2.28. The third-order valence-corrected chi connectivity index (χ3v) is 5.68. The number of benzene rings is 2. The summed E-state index contributed by atoms with van der Waals surface area (Å²) in [5.74, 6) is 0.681. The zero-order valence-electron chi connectivity index (χ0n) is 11.9. The van der Waals surface area contributed by atoms with Crippen LogP contribution in [0.2, 0.25) is 0 Å². The van der Waals surface area contributed by atoms with Crippen LogP contribution in [0.15, 0.2) is 52.3 Å². The highest BCUT2D eigenvalue weighted by Gasteiger charge is 2.20. The molecule has 1 aliphatic rings. The fourth-order valence-electron chi connectivity index (χ4n) is 2.28. The maximum absolute atomic E-state index is 12.4. The van der Waals surface area contributed by atoms with Crippen LogP contribution in [0.25, 0.3) is 0 Å². The standard InChI is InChI=1S/C14H14N2O5S2/c15-22(17,18)12-3-1-2-11(9-12)16-23(19,20)13-4-5-14-10(8-13)6-7-21-14/h1-5,8-9,16H,6-7H2,(H2,15,17,18). The van der Waals surface area contributed by atoms with Gasteiger partial charge in [-0.1, -0.05) is 6.07 Å². The number of nitrogens with two attached hydrogens (primary N) is 1. The van der Waals surface area contributed by atoms with Crippen LogP contribution in [0, 0.1) is 0 Å². The Morgan fingerprint density at radius 1 is 1.00 bits per heavy atom. The van der Waals surface area contributed by atoms with Crippen LogP contribution in [0.4, 0.5) is 5.69 Å². The SMILES string of the molecule is NS(=O)(=O)c1cccc(NS(=O)(=O)c2ccc3c(c2)CCO3)c1. The van der Waals surface area contributed by atoms with E-state index >= 15 is 0 Å². The highest BCUT2D eigenvalue weighted by molar-refractivity contribution is 7.92. The summed E-state index contributed by atoms with van der Waals surface area (Å²) in [6.45, 7) is 0.530. The van der Waals surface area contributed by atoms with Crippen LogP contribution in [0.1, 0.15) is 5.56 Å². The minimum Gasteiger partial charge on any atom is -0.493 e. The van der Waals surface area contributed by atoms with Crippen LogP contribution >= 0.6 is 0 Å². The second kappa shape index (κ2) is 5.52. The van der Waals surface area contributed by atoms with Gasteiger partial charge in [0.15, 0.2) is 0 Å². The highest BCUT2D eigenvalue weighted by atomic mass is 32.2. The van der Waals surface area contributed by atoms with Crippen LogP contribution < -0.4 is 14.6 Å². The average Bonchev–Trinajstić information content (AvgIpc) is 2.93. The number of hydrogen-bond donors (Lipinski definition) is 2. The molecule has 0 aliphatic carbocycles. The molecule has 0 unspecified atom stereocenters. The minimum atomic E-state index is -3.90. The Kier molecular flexibility index (Phi) is 3.78. The first kappa shape index (κ1) is 15.8. The molecule has 0 saturated heterocycles. The zero-order chi connectivity index (χ0) is 16.7. The van der Waals surface area contributed by atoms with Crippen molar-refractivity contribution in [3.63, 3.8) is 0 Å². The van der Waals surface area contributed by atoms with Crippen molar-refractivity contribution in [2.24, 2.45) is 5.14 Å². The van der Waals surface area contributed by atoms with Gasteiger partial charge in [-0.2, -0.15) is 0 Å². The van der Waals surface area contributed by atoms with Gasteiger partial charge in [0.1, 0.15) is 5.75 Å². The topological polar surface area (TPSA) is 116 Å². The summed E-state index contributed by atoms with van der Waals surface area (Å²) < 4.78 is 55.2. The molecular weight excluding hydrogens is 340 g/mol. The Balaban J connectivity index is 1.93. The van der Waals surface area contributed by atoms with Gasteiger partial charge < -0.3 is 4.74 Å². The van der Waals surface area contributed by atoms with Gasteiger partial charge >= 0.3 is 0 Å². The number of hydrogen-bond acceptors (Lipinski definition) is 5. The van der Waals surface area contributed by atoms with Crippen molar-refractivity contribution >= 4 is 25.7 Å². The van der Waals surface area contributed by atoms with Crippen LogP contribution in [0.3, 0.4) is 0 Å². The molecule has 3 N–H and O–H groups in total. The van der Waals surface area contributed by atoms with Gasteiger partial charge in [-0.05, 0) is 42.0 Å². The average molecular weight is 354 g/mol. The van der Waals surface area contributed by atoms with E-state index in [1.807, 2.05) is 0 Å². The van der Waals surface area contributed by atoms with Gasteiger partial charge in [-0.25, -0.2) is 22.0 Å². The molecule has 0 radical (unpaired) electrons. The predicted molar refractivity (Wildman–Crippen MR) is 84.3 cm³/mol. The largest absolute Gasteiger partial charge is 0.493 e. The molecule has 2 aromatic carbocycles. The smallest absolute Gasteiger partial charge is 0.261 e. The molecule has 2 aromatic rings. The zero-order valence-corrected chi connectivity index (χ0v) is 13.5. The first-order valence-corrected chi connectivity index (χ1v) is 9.70. The van der Waals surface area contributed by atoms with E-state index < -0.39 is 20.0 Å². The first-order valence-electron chi connectivity index (χ1n) is 6.67. The van der Waals surface area contributed by atoms with Crippen LogP contribution in [-0.4, -0.2) is 23.4 Å².